The molecule has 0 aromatic carbocycles. The maximum Gasteiger partial charge on any atom is 0.0766 e. The predicted molar refractivity (Wildman–Crippen MR) is 63.8 cm³/mol. The molecule has 15 heavy (non-hydrogen) atoms. The molecule has 0 saturated carbocycles. The van der Waals surface area contributed by atoms with Crippen LogP contribution in [0.4, 0.5) is 0 Å². The van der Waals surface area contributed by atoms with Crippen molar-refractivity contribution < 1.29 is 4.74 Å². The van der Waals surface area contributed by atoms with Gasteiger partial charge in [0.05, 0.1) is 28.5 Å². The topological polar surface area (TPSA) is 39.1 Å². The summed E-state index contributed by atoms with van der Waals surface area (Å²) < 4.78 is 8.26. The smallest absolute Gasteiger partial charge is 0.0766 e. The first-order chi connectivity index (χ1) is 7.11. The van der Waals surface area contributed by atoms with Gasteiger partial charge in [-0.25, -0.2) is 0 Å². The van der Waals surface area contributed by atoms with E-state index in [-0.39, 0.29) is 12.1 Å². The van der Waals surface area contributed by atoms with Crippen LogP contribution >= 0.6 is 15.9 Å². The first-order valence-electron chi connectivity index (χ1n) is 5.05. The lowest BCUT2D eigenvalue weighted by Crippen LogP contribution is -2.33. The Hall–Kier alpha value is -0.390. The van der Waals surface area contributed by atoms with Gasteiger partial charge in [-0.2, -0.15) is 5.10 Å². The van der Waals surface area contributed by atoms with E-state index in [1.54, 1.807) is 7.11 Å². The van der Waals surface area contributed by atoms with E-state index in [0.717, 1.165) is 16.7 Å². The summed E-state index contributed by atoms with van der Waals surface area (Å²) in [6, 6.07) is 0.155. The van der Waals surface area contributed by atoms with E-state index in [1.165, 1.54) is 0 Å². The quantitative estimate of drug-likeness (QED) is 0.892. The molecule has 4 nitrogen and oxygen atoms in total. The molecule has 0 fully saturated rings. The molecule has 0 amide bonds. The van der Waals surface area contributed by atoms with E-state index < -0.39 is 0 Å². The number of aryl methyl sites for hydroxylation is 1. The van der Waals surface area contributed by atoms with Gasteiger partial charge in [-0.05, 0) is 29.4 Å². The Balaban J connectivity index is 2.98. The summed E-state index contributed by atoms with van der Waals surface area (Å²) in [6.45, 7) is 5.03. The van der Waals surface area contributed by atoms with E-state index in [4.69, 9.17) is 4.74 Å². The lowest BCUT2D eigenvalue weighted by Gasteiger charge is -2.24. The summed E-state index contributed by atoms with van der Waals surface area (Å²) >= 11 is 3.51. The Morgan fingerprint density at radius 2 is 2.33 bits per heavy atom. The fraction of sp³-hybridized carbons (Fsp3) is 0.700. The van der Waals surface area contributed by atoms with E-state index in [9.17, 15) is 0 Å². The Bertz CT molecular complexity index is 294. The Labute approximate surface area is 99.1 Å². The monoisotopic (exact) mass is 275 g/mol. The zero-order valence-corrected chi connectivity index (χ0v) is 11.2. The van der Waals surface area contributed by atoms with Crippen LogP contribution in [-0.2, 0) is 11.8 Å². The van der Waals surface area contributed by atoms with Gasteiger partial charge in [0, 0.05) is 14.2 Å². The summed E-state index contributed by atoms with van der Waals surface area (Å²) in [5.41, 5.74) is 1.12. The van der Waals surface area contributed by atoms with Crippen molar-refractivity contribution in [1.82, 2.24) is 15.1 Å². The fourth-order valence-electron chi connectivity index (χ4n) is 1.61. The first kappa shape index (κ1) is 12.7. The van der Waals surface area contributed by atoms with E-state index in [0.29, 0.717) is 0 Å². The highest BCUT2D eigenvalue weighted by Gasteiger charge is 2.23. The molecule has 0 spiro atoms. The number of nitrogens with one attached hydrogen (secondary N) is 1. The molecule has 1 rings (SSSR count). The van der Waals surface area contributed by atoms with Crippen molar-refractivity contribution in [3.8, 4) is 0 Å². The first-order valence-corrected chi connectivity index (χ1v) is 5.84. The lowest BCUT2D eigenvalue weighted by molar-refractivity contribution is 0.0806. The number of hydrogen-bond donors (Lipinski definition) is 1. The highest BCUT2D eigenvalue weighted by atomic mass is 79.9. The van der Waals surface area contributed by atoms with Crippen LogP contribution < -0.4 is 5.32 Å². The van der Waals surface area contributed by atoms with Gasteiger partial charge in [-0.15, -0.1) is 0 Å². The number of aromatic nitrogens is 2. The number of halogens is 1. The van der Waals surface area contributed by atoms with Crippen molar-refractivity contribution in [2.45, 2.75) is 26.0 Å². The summed E-state index contributed by atoms with van der Waals surface area (Å²) in [6.07, 6.45) is 1.92. The summed E-state index contributed by atoms with van der Waals surface area (Å²) in [4.78, 5) is 0. The van der Waals surface area contributed by atoms with Crippen LogP contribution in [0.25, 0.3) is 0 Å². The van der Waals surface area contributed by atoms with Crippen LogP contribution in [0.3, 0.4) is 0 Å². The maximum absolute atomic E-state index is 5.37. The number of methoxy groups -OCH3 is 1. The molecule has 1 N–H and O–H groups in total. The minimum absolute atomic E-state index is 0.108. The van der Waals surface area contributed by atoms with Crippen LogP contribution in [0.15, 0.2) is 10.7 Å². The van der Waals surface area contributed by atoms with E-state index in [1.807, 2.05) is 24.9 Å². The zero-order chi connectivity index (χ0) is 11.4. The Kier molecular flexibility index (Phi) is 4.76. The van der Waals surface area contributed by atoms with Crippen LogP contribution in [0, 0.1) is 0 Å². The Morgan fingerprint density at radius 1 is 1.67 bits per heavy atom. The van der Waals surface area contributed by atoms with Crippen LogP contribution in [0.5, 0.6) is 0 Å². The number of likely N-dealkylation sites (N-methyl/N-ethyl adjacent to an activating group) is 1. The highest BCUT2D eigenvalue weighted by Crippen LogP contribution is 2.25. The minimum atomic E-state index is 0.108. The average Bonchev–Trinajstić information content (AvgIpc) is 2.55. The van der Waals surface area contributed by atoms with E-state index in [2.05, 4.69) is 33.3 Å². The van der Waals surface area contributed by atoms with Crippen molar-refractivity contribution in [2.75, 3.05) is 13.7 Å². The maximum atomic E-state index is 5.37. The van der Waals surface area contributed by atoms with Crippen LogP contribution in [0.2, 0.25) is 0 Å². The third-order valence-corrected chi connectivity index (χ3v) is 3.11. The third kappa shape index (κ3) is 2.80. The number of ether oxygens (including phenoxy) is 1. The average molecular weight is 276 g/mol. The zero-order valence-electron chi connectivity index (χ0n) is 9.62. The minimum Gasteiger partial charge on any atom is -0.380 e. The fourth-order valence-corrected chi connectivity index (χ4v) is 2.21. The summed E-state index contributed by atoms with van der Waals surface area (Å²) in [5, 5.41) is 7.61. The van der Waals surface area contributed by atoms with Crippen LogP contribution in [-0.4, -0.2) is 29.5 Å². The van der Waals surface area contributed by atoms with E-state index >= 15 is 0 Å². The Morgan fingerprint density at radius 3 is 2.73 bits per heavy atom. The van der Waals surface area contributed by atoms with Crippen molar-refractivity contribution in [1.29, 1.82) is 0 Å². The molecule has 2 unspecified atom stereocenters. The van der Waals surface area contributed by atoms with Crippen molar-refractivity contribution in [3.05, 3.63) is 16.4 Å². The molecule has 0 aliphatic carbocycles. The van der Waals surface area contributed by atoms with Gasteiger partial charge in [-0.1, -0.05) is 6.92 Å². The summed E-state index contributed by atoms with van der Waals surface area (Å²) in [7, 11) is 3.66. The molecule has 0 bridgehead atoms. The second kappa shape index (κ2) is 5.63. The molecule has 0 aliphatic heterocycles. The van der Waals surface area contributed by atoms with Gasteiger partial charge >= 0.3 is 0 Å². The molecule has 5 heteroatoms. The van der Waals surface area contributed by atoms with Crippen molar-refractivity contribution in [3.63, 3.8) is 0 Å². The molecule has 2 atom stereocenters. The number of nitrogens with zero attached hydrogens (tertiary/aromatic N) is 2. The normalized spacial score (nSPS) is 15.3. The largest absolute Gasteiger partial charge is 0.380 e. The number of rotatable bonds is 5. The van der Waals surface area contributed by atoms with Crippen molar-refractivity contribution in [2.24, 2.45) is 7.05 Å². The van der Waals surface area contributed by atoms with Gasteiger partial charge < -0.3 is 10.1 Å². The van der Waals surface area contributed by atoms with Gasteiger partial charge in [0.1, 0.15) is 0 Å². The standard InChI is InChI=1S/C10H18BrN3O/c1-5-12-9(7(2)15-4)10-8(11)6-13-14(10)3/h6-7,9,12H,5H2,1-4H3. The molecule has 0 radical (unpaired) electrons. The molecular formula is C10H18BrN3O. The highest BCUT2D eigenvalue weighted by molar-refractivity contribution is 9.10. The molecule has 1 aromatic heterocycles. The third-order valence-electron chi connectivity index (χ3n) is 2.50. The molecule has 0 saturated heterocycles. The van der Waals surface area contributed by atoms with Gasteiger partial charge in [-0.3, -0.25) is 4.68 Å². The summed E-state index contributed by atoms with van der Waals surface area (Å²) in [5.74, 6) is 0. The lowest BCUT2D eigenvalue weighted by atomic mass is 10.1. The molecular weight excluding hydrogens is 258 g/mol. The molecule has 1 heterocycles. The second-order valence-electron chi connectivity index (χ2n) is 3.48. The SMILES string of the molecule is CCNC(c1c(Br)cnn1C)C(C)OC. The molecule has 1 aromatic rings. The van der Waals surface area contributed by atoms with Crippen LogP contribution in [0.1, 0.15) is 25.6 Å². The van der Waals surface area contributed by atoms with Gasteiger partial charge in [0.15, 0.2) is 0 Å². The van der Waals surface area contributed by atoms with Gasteiger partial charge in [0.25, 0.3) is 0 Å². The molecule has 86 valence electrons. The van der Waals surface area contributed by atoms with Crippen molar-refractivity contribution >= 4 is 15.9 Å². The number of hydrogen-bond acceptors (Lipinski definition) is 3. The predicted octanol–water partition coefficient (Wildman–Crippen LogP) is 1.87. The second-order valence-corrected chi connectivity index (χ2v) is 4.33. The molecule has 0 aliphatic rings. The van der Waals surface area contributed by atoms with Gasteiger partial charge in [0.2, 0.25) is 0 Å².